The van der Waals surface area contributed by atoms with Gasteiger partial charge in [-0.05, 0) is 48.9 Å². The molecular weight excluding hydrogens is 450 g/mol. The van der Waals surface area contributed by atoms with Crippen molar-refractivity contribution < 1.29 is 9.53 Å². The highest BCUT2D eigenvalue weighted by molar-refractivity contribution is 9.10. The predicted molar refractivity (Wildman–Crippen MR) is 119 cm³/mol. The third-order valence-electron chi connectivity index (χ3n) is 4.32. The van der Waals surface area contributed by atoms with Gasteiger partial charge in [0.2, 0.25) is 0 Å². The first-order valence-corrected chi connectivity index (χ1v) is 10.6. The number of anilines is 1. The van der Waals surface area contributed by atoms with Gasteiger partial charge in [-0.15, -0.1) is 0 Å². The molecule has 0 unspecified atom stereocenters. The van der Waals surface area contributed by atoms with Crippen molar-refractivity contribution in [2.24, 2.45) is 0 Å². The number of ether oxygens (including phenoxy) is 1. The monoisotopic (exact) mass is 467 g/mol. The Kier molecular flexibility index (Phi) is 5.87. The van der Waals surface area contributed by atoms with Crippen LogP contribution in [0.5, 0.6) is 5.75 Å². The van der Waals surface area contributed by atoms with Gasteiger partial charge in [0.05, 0.1) is 16.8 Å². The molecule has 0 fully saturated rings. The quantitative estimate of drug-likeness (QED) is 0.382. The molecule has 2 heterocycles. The van der Waals surface area contributed by atoms with Crippen molar-refractivity contribution in [2.75, 3.05) is 11.5 Å². The molecule has 0 radical (unpaired) electrons. The maximum absolute atomic E-state index is 13.1. The van der Waals surface area contributed by atoms with Gasteiger partial charge < -0.3 is 4.74 Å². The summed E-state index contributed by atoms with van der Waals surface area (Å²) in [5, 5.41) is 0.638. The highest BCUT2D eigenvalue weighted by Crippen LogP contribution is 2.31. The number of benzene rings is 2. The molecule has 0 saturated carbocycles. The Morgan fingerprint density at radius 3 is 2.76 bits per heavy atom. The Morgan fingerprint density at radius 2 is 2.00 bits per heavy atom. The van der Waals surface area contributed by atoms with E-state index in [1.54, 1.807) is 17.3 Å². The van der Waals surface area contributed by atoms with Crippen LogP contribution in [-0.4, -0.2) is 22.5 Å². The van der Waals surface area contributed by atoms with Crippen molar-refractivity contribution in [1.82, 2.24) is 9.97 Å². The van der Waals surface area contributed by atoms with Crippen molar-refractivity contribution in [1.29, 1.82) is 0 Å². The van der Waals surface area contributed by atoms with Crippen LogP contribution < -0.4 is 9.64 Å². The molecule has 0 aliphatic rings. The number of rotatable bonds is 6. The molecule has 0 N–H and O–H groups in total. The first-order chi connectivity index (χ1) is 14.1. The normalized spacial score (nSPS) is 10.8. The number of halogens is 1. The molecule has 146 valence electrons. The van der Waals surface area contributed by atoms with Gasteiger partial charge in [-0.25, -0.2) is 4.98 Å². The molecule has 0 atom stereocenters. The average Bonchev–Trinajstić information content (AvgIpc) is 3.15. The number of aryl methyl sites for hydroxylation is 1. The molecule has 2 aromatic heterocycles. The summed E-state index contributed by atoms with van der Waals surface area (Å²) in [4.78, 5) is 23.5. The van der Waals surface area contributed by atoms with Crippen LogP contribution in [0, 0.1) is 6.92 Å². The molecule has 1 amide bonds. The molecular formula is C22H18BrN3O2S. The standard InChI is InChI=1S/C22H18BrN3O2S/c1-15-4-7-18(8-5-15)28-14-21(27)26(13-16-3-2-10-24-12-16)22-25-19-9-6-17(23)11-20(19)29-22/h2-12H,13-14H2,1H3. The lowest BCUT2D eigenvalue weighted by molar-refractivity contribution is -0.120. The average molecular weight is 468 g/mol. The summed E-state index contributed by atoms with van der Waals surface area (Å²) < 4.78 is 7.71. The number of hydrogen-bond donors (Lipinski definition) is 0. The lowest BCUT2D eigenvalue weighted by Crippen LogP contribution is -2.34. The first-order valence-electron chi connectivity index (χ1n) is 9.03. The zero-order valence-electron chi connectivity index (χ0n) is 15.7. The van der Waals surface area contributed by atoms with Gasteiger partial charge in [0.15, 0.2) is 11.7 Å². The molecule has 7 heteroatoms. The van der Waals surface area contributed by atoms with Crippen LogP contribution in [0.1, 0.15) is 11.1 Å². The number of pyridine rings is 1. The van der Waals surface area contributed by atoms with Crippen molar-refractivity contribution in [3.05, 3.63) is 82.6 Å². The fourth-order valence-electron chi connectivity index (χ4n) is 2.80. The largest absolute Gasteiger partial charge is 0.484 e. The van der Waals surface area contributed by atoms with E-state index < -0.39 is 0 Å². The molecule has 29 heavy (non-hydrogen) atoms. The maximum Gasteiger partial charge on any atom is 0.267 e. The smallest absolute Gasteiger partial charge is 0.267 e. The third kappa shape index (κ3) is 4.81. The molecule has 0 spiro atoms. The van der Waals surface area contributed by atoms with Gasteiger partial charge in [-0.2, -0.15) is 0 Å². The van der Waals surface area contributed by atoms with E-state index in [4.69, 9.17) is 4.74 Å². The summed E-state index contributed by atoms with van der Waals surface area (Å²) in [5.74, 6) is 0.506. The number of hydrogen-bond acceptors (Lipinski definition) is 5. The number of carbonyl (C=O) groups excluding carboxylic acids is 1. The van der Waals surface area contributed by atoms with E-state index in [2.05, 4.69) is 25.9 Å². The molecule has 0 aliphatic carbocycles. The van der Waals surface area contributed by atoms with Crippen molar-refractivity contribution in [2.45, 2.75) is 13.5 Å². The summed E-state index contributed by atoms with van der Waals surface area (Å²) in [6.07, 6.45) is 3.47. The Labute approximate surface area is 181 Å². The van der Waals surface area contributed by atoms with Gasteiger partial charge in [-0.1, -0.05) is 51.0 Å². The SMILES string of the molecule is Cc1ccc(OCC(=O)N(Cc2cccnc2)c2nc3ccc(Br)cc3s2)cc1. The second-order valence-corrected chi connectivity index (χ2v) is 8.48. The second-order valence-electron chi connectivity index (χ2n) is 6.55. The molecule has 5 nitrogen and oxygen atoms in total. The lowest BCUT2D eigenvalue weighted by atomic mass is 10.2. The molecule has 4 rings (SSSR count). The van der Waals surface area contributed by atoms with Crippen LogP contribution in [-0.2, 0) is 11.3 Å². The second kappa shape index (κ2) is 8.71. The summed E-state index contributed by atoms with van der Waals surface area (Å²) in [6, 6.07) is 17.3. The molecule has 2 aromatic carbocycles. The number of nitrogens with zero attached hydrogens (tertiary/aromatic N) is 3. The van der Waals surface area contributed by atoms with E-state index in [9.17, 15) is 4.79 Å². The number of amides is 1. The minimum atomic E-state index is -0.160. The topological polar surface area (TPSA) is 55.3 Å². The van der Waals surface area contributed by atoms with E-state index in [0.29, 0.717) is 17.4 Å². The lowest BCUT2D eigenvalue weighted by Gasteiger charge is -2.20. The Bertz CT molecular complexity index is 1130. The van der Waals surface area contributed by atoms with Crippen LogP contribution in [0.2, 0.25) is 0 Å². The molecule has 0 saturated heterocycles. The van der Waals surface area contributed by atoms with Gasteiger partial charge in [0, 0.05) is 16.9 Å². The summed E-state index contributed by atoms with van der Waals surface area (Å²) >= 11 is 4.97. The predicted octanol–water partition coefficient (Wildman–Crippen LogP) is 5.37. The van der Waals surface area contributed by atoms with E-state index in [-0.39, 0.29) is 12.5 Å². The Balaban J connectivity index is 1.59. The van der Waals surface area contributed by atoms with Gasteiger partial charge >= 0.3 is 0 Å². The zero-order valence-corrected chi connectivity index (χ0v) is 18.1. The summed E-state index contributed by atoms with van der Waals surface area (Å²) in [6.45, 7) is 2.32. The van der Waals surface area contributed by atoms with E-state index in [1.807, 2.05) is 61.5 Å². The van der Waals surface area contributed by atoms with Gasteiger partial charge in [0.1, 0.15) is 5.75 Å². The fraction of sp³-hybridized carbons (Fsp3) is 0.136. The third-order valence-corrected chi connectivity index (χ3v) is 5.85. The zero-order chi connectivity index (χ0) is 20.2. The van der Waals surface area contributed by atoms with Crippen LogP contribution in [0.3, 0.4) is 0 Å². The van der Waals surface area contributed by atoms with E-state index in [0.717, 1.165) is 25.8 Å². The number of carbonyl (C=O) groups is 1. The van der Waals surface area contributed by atoms with Gasteiger partial charge in [0.25, 0.3) is 5.91 Å². The maximum atomic E-state index is 13.1. The van der Waals surface area contributed by atoms with Crippen LogP contribution in [0.25, 0.3) is 10.2 Å². The minimum Gasteiger partial charge on any atom is -0.484 e. The van der Waals surface area contributed by atoms with Crippen molar-refractivity contribution in [3.63, 3.8) is 0 Å². The summed E-state index contributed by atoms with van der Waals surface area (Å²) in [7, 11) is 0. The first kappa shape index (κ1) is 19.5. The number of aromatic nitrogens is 2. The number of fused-ring (bicyclic) bond motifs is 1. The Hall–Kier alpha value is -2.77. The molecule has 4 aromatic rings. The van der Waals surface area contributed by atoms with Crippen LogP contribution >= 0.6 is 27.3 Å². The van der Waals surface area contributed by atoms with Crippen LogP contribution in [0.4, 0.5) is 5.13 Å². The highest BCUT2D eigenvalue weighted by Gasteiger charge is 2.21. The van der Waals surface area contributed by atoms with Crippen molar-refractivity contribution in [3.8, 4) is 5.75 Å². The summed E-state index contributed by atoms with van der Waals surface area (Å²) in [5.41, 5.74) is 2.93. The minimum absolute atomic E-state index is 0.0665. The fourth-order valence-corrected chi connectivity index (χ4v) is 4.33. The van der Waals surface area contributed by atoms with Crippen LogP contribution in [0.15, 0.2) is 71.5 Å². The molecule has 0 aliphatic heterocycles. The molecule has 0 bridgehead atoms. The van der Waals surface area contributed by atoms with E-state index >= 15 is 0 Å². The van der Waals surface area contributed by atoms with E-state index in [1.165, 1.54) is 11.3 Å². The van der Waals surface area contributed by atoms with Gasteiger partial charge in [-0.3, -0.25) is 14.7 Å². The Morgan fingerprint density at radius 1 is 1.17 bits per heavy atom. The highest BCUT2D eigenvalue weighted by atomic mass is 79.9. The van der Waals surface area contributed by atoms with Crippen molar-refractivity contribution >= 4 is 48.5 Å². The number of thiazole rings is 1.